The van der Waals surface area contributed by atoms with E-state index < -0.39 is 0 Å². The van der Waals surface area contributed by atoms with Gasteiger partial charge in [-0.1, -0.05) is 39.0 Å². The zero-order valence-electron chi connectivity index (χ0n) is 11.0. The lowest BCUT2D eigenvalue weighted by atomic mass is 10.1. The number of rotatable bonds is 12. The molecule has 0 aliphatic heterocycles. The molecule has 0 saturated carbocycles. The van der Waals surface area contributed by atoms with E-state index in [1.54, 1.807) is 0 Å². The molecule has 0 rings (SSSR count). The van der Waals surface area contributed by atoms with Gasteiger partial charge in [-0.15, -0.1) is 0 Å². The Morgan fingerprint density at radius 2 is 1.82 bits per heavy atom. The summed E-state index contributed by atoms with van der Waals surface area (Å²) in [5.41, 5.74) is 0. The summed E-state index contributed by atoms with van der Waals surface area (Å²) in [4.78, 5) is 11.3. The highest BCUT2D eigenvalue weighted by Crippen LogP contribution is 2.06. The average Bonchev–Trinajstić information content (AvgIpc) is 2.33. The topological polar surface area (TPSA) is 58.6 Å². The normalized spacial score (nSPS) is 10.5. The zero-order valence-corrected chi connectivity index (χ0v) is 11.0. The molecular formula is C13H27NO3. The molecule has 0 aliphatic carbocycles. The predicted molar refractivity (Wildman–Crippen MR) is 68.9 cm³/mol. The summed E-state index contributed by atoms with van der Waals surface area (Å²) in [5.74, 6) is 0.105. The second kappa shape index (κ2) is 13.5. The van der Waals surface area contributed by atoms with Crippen LogP contribution in [0.5, 0.6) is 0 Å². The minimum atomic E-state index is 0.0334. The van der Waals surface area contributed by atoms with Gasteiger partial charge in [0.15, 0.2) is 0 Å². The Labute approximate surface area is 105 Å². The predicted octanol–water partition coefficient (Wildman–Crippen LogP) is 1.86. The lowest BCUT2D eigenvalue weighted by Crippen LogP contribution is -2.27. The zero-order chi connectivity index (χ0) is 12.8. The van der Waals surface area contributed by atoms with Crippen LogP contribution in [0.15, 0.2) is 0 Å². The van der Waals surface area contributed by atoms with Crippen LogP contribution >= 0.6 is 0 Å². The van der Waals surface area contributed by atoms with E-state index in [1.807, 2.05) is 0 Å². The highest BCUT2D eigenvalue weighted by molar-refractivity contribution is 5.75. The van der Waals surface area contributed by atoms with Gasteiger partial charge in [0.05, 0.1) is 19.8 Å². The number of amides is 1. The number of unbranched alkanes of at least 4 members (excludes halogenated alkanes) is 5. The van der Waals surface area contributed by atoms with E-state index in [1.165, 1.54) is 25.7 Å². The first-order chi connectivity index (χ1) is 8.31. The Hall–Kier alpha value is -0.610. The molecule has 0 spiro atoms. The van der Waals surface area contributed by atoms with Gasteiger partial charge in [0.1, 0.15) is 0 Å². The van der Waals surface area contributed by atoms with Gasteiger partial charge in [0.2, 0.25) is 5.91 Å². The molecule has 1 amide bonds. The van der Waals surface area contributed by atoms with Crippen molar-refractivity contribution in [1.82, 2.24) is 5.32 Å². The maximum absolute atomic E-state index is 11.3. The van der Waals surface area contributed by atoms with Crippen LogP contribution in [-0.4, -0.2) is 37.4 Å². The second-order valence-electron chi connectivity index (χ2n) is 4.20. The monoisotopic (exact) mass is 245 g/mol. The Bertz CT molecular complexity index is 174. The summed E-state index contributed by atoms with van der Waals surface area (Å²) < 4.78 is 5.04. The van der Waals surface area contributed by atoms with Crippen molar-refractivity contribution in [3.05, 3.63) is 0 Å². The van der Waals surface area contributed by atoms with E-state index in [9.17, 15) is 4.79 Å². The lowest BCUT2D eigenvalue weighted by molar-refractivity contribution is -0.121. The van der Waals surface area contributed by atoms with Gasteiger partial charge in [-0.25, -0.2) is 0 Å². The minimum Gasteiger partial charge on any atom is -0.394 e. The summed E-state index contributed by atoms with van der Waals surface area (Å²) in [6.45, 7) is 3.59. The van der Waals surface area contributed by atoms with Crippen LogP contribution in [0, 0.1) is 0 Å². The van der Waals surface area contributed by atoms with Crippen molar-refractivity contribution in [1.29, 1.82) is 0 Å². The summed E-state index contributed by atoms with van der Waals surface area (Å²) in [6, 6.07) is 0. The van der Waals surface area contributed by atoms with E-state index in [2.05, 4.69) is 12.2 Å². The van der Waals surface area contributed by atoms with Crippen LogP contribution in [0.4, 0.5) is 0 Å². The van der Waals surface area contributed by atoms with E-state index in [4.69, 9.17) is 9.84 Å². The molecule has 0 atom stereocenters. The van der Waals surface area contributed by atoms with Gasteiger partial charge in [-0.05, 0) is 6.42 Å². The molecule has 4 heteroatoms. The van der Waals surface area contributed by atoms with E-state index in [0.717, 1.165) is 12.8 Å². The quantitative estimate of drug-likeness (QED) is 0.516. The number of hydrogen-bond acceptors (Lipinski definition) is 3. The third-order valence-corrected chi connectivity index (χ3v) is 2.56. The smallest absolute Gasteiger partial charge is 0.220 e. The van der Waals surface area contributed by atoms with Gasteiger partial charge in [-0.2, -0.15) is 0 Å². The van der Waals surface area contributed by atoms with Crippen LogP contribution in [0.2, 0.25) is 0 Å². The largest absolute Gasteiger partial charge is 0.394 e. The molecular weight excluding hydrogens is 218 g/mol. The van der Waals surface area contributed by atoms with E-state index >= 15 is 0 Å². The van der Waals surface area contributed by atoms with Gasteiger partial charge in [0.25, 0.3) is 0 Å². The van der Waals surface area contributed by atoms with Crippen molar-refractivity contribution in [2.24, 2.45) is 0 Å². The molecule has 2 N–H and O–H groups in total. The SMILES string of the molecule is CCCCCCCCC(=O)NCCOCCO. The number of hydrogen-bond donors (Lipinski definition) is 2. The van der Waals surface area contributed by atoms with Crippen LogP contribution in [0.1, 0.15) is 51.9 Å². The Morgan fingerprint density at radius 3 is 2.53 bits per heavy atom. The van der Waals surface area contributed by atoms with Gasteiger partial charge in [-0.3, -0.25) is 4.79 Å². The summed E-state index contributed by atoms with van der Waals surface area (Å²) >= 11 is 0. The molecule has 0 bridgehead atoms. The number of ether oxygens (including phenoxy) is 1. The van der Waals surface area contributed by atoms with Gasteiger partial charge >= 0.3 is 0 Å². The molecule has 0 unspecified atom stereocenters. The van der Waals surface area contributed by atoms with Crippen molar-refractivity contribution in [3.8, 4) is 0 Å². The lowest BCUT2D eigenvalue weighted by Gasteiger charge is -2.05. The van der Waals surface area contributed by atoms with Crippen LogP contribution in [0.3, 0.4) is 0 Å². The number of aliphatic hydroxyl groups is 1. The summed E-state index contributed by atoms with van der Waals surface area (Å²) in [5, 5.41) is 11.3. The first kappa shape index (κ1) is 16.4. The second-order valence-corrected chi connectivity index (χ2v) is 4.20. The maximum atomic E-state index is 11.3. The maximum Gasteiger partial charge on any atom is 0.220 e. The third-order valence-electron chi connectivity index (χ3n) is 2.56. The summed E-state index contributed by atoms with van der Waals surface area (Å²) in [7, 11) is 0. The summed E-state index contributed by atoms with van der Waals surface area (Å²) in [6.07, 6.45) is 7.82. The molecule has 4 nitrogen and oxygen atoms in total. The first-order valence-electron chi connectivity index (χ1n) is 6.76. The fourth-order valence-corrected chi connectivity index (χ4v) is 1.58. The molecule has 0 radical (unpaired) electrons. The molecule has 102 valence electrons. The first-order valence-corrected chi connectivity index (χ1v) is 6.76. The molecule has 0 aromatic rings. The number of nitrogens with one attached hydrogen (secondary N) is 1. The highest BCUT2D eigenvalue weighted by atomic mass is 16.5. The molecule has 0 aliphatic rings. The van der Waals surface area contributed by atoms with Crippen molar-refractivity contribution < 1.29 is 14.6 Å². The van der Waals surface area contributed by atoms with E-state index in [0.29, 0.717) is 26.2 Å². The van der Waals surface area contributed by atoms with Crippen LogP contribution in [-0.2, 0) is 9.53 Å². The van der Waals surface area contributed by atoms with Crippen molar-refractivity contribution in [2.45, 2.75) is 51.9 Å². The van der Waals surface area contributed by atoms with Crippen molar-refractivity contribution >= 4 is 5.91 Å². The van der Waals surface area contributed by atoms with Crippen LogP contribution in [0.25, 0.3) is 0 Å². The van der Waals surface area contributed by atoms with Crippen molar-refractivity contribution in [2.75, 3.05) is 26.4 Å². The minimum absolute atomic E-state index is 0.0334. The Kier molecular flexibility index (Phi) is 13.0. The average molecular weight is 245 g/mol. The molecule has 0 heterocycles. The number of carbonyl (C=O) groups is 1. The molecule has 0 fully saturated rings. The number of aliphatic hydroxyl groups excluding tert-OH is 1. The number of carbonyl (C=O) groups excluding carboxylic acids is 1. The molecule has 0 saturated heterocycles. The molecule has 0 aromatic heterocycles. The standard InChI is InChI=1S/C13H27NO3/c1-2-3-4-5-6-7-8-13(16)14-9-11-17-12-10-15/h15H,2-12H2,1H3,(H,14,16). The highest BCUT2D eigenvalue weighted by Gasteiger charge is 1.99. The fourth-order valence-electron chi connectivity index (χ4n) is 1.58. The molecule has 0 aromatic carbocycles. The Morgan fingerprint density at radius 1 is 1.12 bits per heavy atom. The Balaban J connectivity index is 3.12. The fraction of sp³-hybridized carbons (Fsp3) is 0.923. The van der Waals surface area contributed by atoms with E-state index in [-0.39, 0.29) is 12.5 Å². The molecule has 17 heavy (non-hydrogen) atoms. The van der Waals surface area contributed by atoms with Gasteiger partial charge < -0.3 is 15.2 Å². The van der Waals surface area contributed by atoms with Crippen LogP contribution < -0.4 is 5.32 Å². The van der Waals surface area contributed by atoms with Crippen molar-refractivity contribution in [3.63, 3.8) is 0 Å². The third kappa shape index (κ3) is 13.3. The van der Waals surface area contributed by atoms with Gasteiger partial charge in [0, 0.05) is 13.0 Å².